The molecule has 1 aromatic rings. The van der Waals surface area contributed by atoms with Crippen molar-refractivity contribution in [3.05, 3.63) is 23.8 Å². The van der Waals surface area contributed by atoms with Crippen LogP contribution in [0.3, 0.4) is 0 Å². The van der Waals surface area contributed by atoms with Crippen LogP contribution in [-0.4, -0.2) is 41.8 Å². The number of aromatic hydroxyl groups is 1. The summed E-state index contributed by atoms with van der Waals surface area (Å²) in [5.74, 6) is -1.27. The maximum absolute atomic E-state index is 11.3. The van der Waals surface area contributed by atoms with Crippen LogP contribution in [0.2, 0.25) is 0 Å². The van der Waals surface area contributed by atoms with Crippen LogP contribution in [0.25, 0.3) is 0 Å². The Morgan fingerprint density at radius 3 is 2.62 bits per heavy atom. The number of nitrogens with one attached hydrogen (secondary N) is 2. The number of carboxylic acid groups (broad SMARTS) is 1. The summed E-state index contributed by atoms with van der Waals surface area (Å²) in [6.45, 7) is 4.07. The van der Waals surface area contributed by atoms with Crippen molar-refractivity contribution in [3.63, 3.8) is 0 Å². The number of rotatable bonds is 8. The monoisotopic (exact) mass is 296 g/mol. The largest absolute Gasteiger partial charge is 0.504 e. The third-order valence-electron chi connectivity index (χ3n) is 2.74. The van der Waals surface area contributed by atoms with Crippen molar-refractivity contribution in [1.29, 1.82) is 0 Å². The van der Waals surface area contributed by atoms with Crippen LogP contribution in [0.15, 0.2) is 18.2 Å². The molecule has 0 radical (unpaired) electrons. The molecule has 0 aliphatic rings. The first kappa shape index (κ1) is 16.8. The first-order chi connectivity index (χ1) is 9.97. The van der Waals surface area contributed by atoms with E-state index < -0.39 is 12.0 Å². The van der Waals surface area contributed by atoms with Gasteiger partial charge in [-0.1, -0.05) is 12.1 Å². The number of phenolic OH excluding ortho intramolecular Hbond substituents is 1. The SMILES string of the molecule is CCOc1cccc(C(NCCNC(C)=O)C(=O)O)c1O. The third kappa shape index (κ3) is 4.96. The van der Waals surface area contributed by atoms with Gasteiger partial charge in [-0.15, -0.1) is 0 Å². The van der Waals surface area contributed by atoms with Crippen LogP contribution < -0.4 is 15.4 Å². The maximum atomic E-state index is 11.3. The second-order valence-electron chi connectivity index (χ2n) is 4.34. The Hall–Kier alpha value is -2.28. The van der Waals surface area contributed by atoms with Crippen molar-refractivity contribution >= 4 is 11.9 Å². The van der Waals surface area contributed by atoms with Gasteiger partial charge in [0.2, 0.25) is 5.91 Å². The Morgan fingerprint density at radius 2 is 2.05 bits per heavy atom. The van der Waals surface area contributed by atoms with Crippen LogP contribution in [0.1, 0.15) is 25.5 Å². The molecular weight excluding hydrogens is 276 g/mol. The predicted octanol–water partition coefficient (Wildman–Crippen LogP) is 0.642. The normalized spacial score (nSPS) is 11.7. The summed E-state index contributed by atoms with van der Waals surface area (Å²) in [5.41, 5.74) is 0.219. The molecule has 0 saturated heterocycles. The average Bonchev–Trinajstić information content (AvgIpc) is 2.41. The van der Waals surface area contributed by atoms with E-state index in [0.717, 1.165) is 0 Å². The lowest BCUT2D eigenvalue weighted by molar-refractivity contribution is -0.139. The molecule has 1 aromatic carbocycles. The highest BCUT2D eigenvalue weighted by molar-refractivity contribution is 5.77. The molecule has 1 rings (SSSR count). The summed E-state index contributed by atoms with van der Waals surface area (Å²) in [6.07, 6.45) is 0. The molecular formula is C14H20N2O5. The highest BCUT2D eigenvalue weighted by atomic mass is 16.5. The van der Waals surface area contributed by atoms with Crippen molar-refractivity contribution in [2.45, 2.75) is 19.9 Å². The summed E-state index contributed by atoms with van der Waals surface area (Å²) in [6, 6.07) is 3.62. The number of hydrogen-bond donors (Lipinski definition) is 4. The molecule has 116 valence electrons. The van der Waals surface area contributed by atoms with Gasteiger partial charge < -0.3 is 20.3 Å². The fourth-order valence-electron chi connectivity index (χ4n) is 1.83. The molecule has 0 bridgehead atoms. The molecule has 0 heterocycles. The number of phenols is 1. The van der Waals surface area contributed by atoms with Gasteiger partial charge in [0, 0.05) is 25.6 Å². The third-order valence-corrected chi connectivity index (χ3v) is 2.74. The van der Waals surface area contributed by atoms with Crippen LogP contribution in [0.5, 0.6) is 11.5 Å². The highest BCUT2D eigenvalue weighted by Gasteiger charge is 2.23. The molecule has 0 aliphatic carbocycles. The molecule has 7 heteroatoms. The minimum absolute atomic E-state index is 0.190. The topological polar surface area (TPSA) is 108 Å². The number of para-hydroxylation sites is 1. The average molecular weight is 296 g/mol. The zero-order valence-electron chi connectivity index (χ0n) is 12.0. The highest BCUT2D eigenvalue weighted by Crippen LogP contribution is 2.33. The van der Waals surface area contributed by atoms with Crippen molar-refractivity contribution < 1.29 is 24.5 Å². The van der Waals surface area contributed by atoms with Crippen molar-refractivity contribution in [2.75, 3.05) is 19.7 Å². The van der Waals surface area contributed by atoms with E-state index in [4.69, 9.17) is 4.74 Å². The van der Waals surface area contributed by atoms with Gasteiger partial charge >= 0.3 is 5.97 Å². The Labute approximate surface area is 122 Å². The van der Waals surface area contributed by atoms with Crippen LogP contribution in [0, 0.1) is 0 Å². The van der Waals surface area contributed by atoms with Gasteiger partial charge in [0.05, 0.1) is 6.61 Å². The first-order valence-electron chi connectivity index (χ1n) is 6.62. The Morgan fingerprint density at radius 1 is 1.33 bits per heavy atom. The van der Waals surface area contributed by atoms with Gasteiger partial charge in [-0.25, -0.2) is 0 Å². The number of carbonyl (C=O) groups excluding carboxylic acids is 1. The van der Waals surface area contributed by atoms with Crippen molar-refractivity contribution in [3.8, 4) is 11.5 Å². The number of carboxylic acids is 1. The fraction of sp³-hybridized carbons (Fsp3) is 0.429. The zero-order valence-corrected chi connectivity index (χ0v) is 12.0. The summed E-state index contributed by atoms with van der Waals surface area (Å²) in [4.78, 5) is 22.1. The standard InChI is InChI=1S/C14H20N2O5/c1-3-21-11-6-4-5-10(13(11)18)12(14(19)20)16-8-7-15-9(2)17/h4-6,12,16,18H,3,7-8H2,1-2H3,(H,15,17)(H,19,20). The van der Waals surface area contributed by atoms with E-state index in [1.54, 1.807) is 19.1 Å². The van der Waals surface area contributed by atoms with Crippen molar-refractivity contribution in [2.24, 2.45) is 0 Å². The number of ether oxygens (including phenoxy) is 1. The van der Waals surface area contributed by atoms with E-state index in [1.165, 1.54) is 13.0 Å². The second-order valence-corrected chi connectivity index (χ2v) is 4.34. The van der Waals surface area contributed by atoms with Gasteiger partial charge in [0.15, 0.2) is 11.5 Å². The molecule has 21 heavy (non-hydrogen) atoms. The maximum Gasteiger partial charge on any atom is 0.325 e. The van der Waals surface area contributed by atoms with Gasteiger partial charge in [0.25, 0.3) is 0 Å². The molecule has 1 atom stereocenters. The number of hydrogen-bond acceptors (Lipinski definition) is 5. The van der Waals surface area contributed by atoms with Crippen LogP contribution in [-0.2, 0) is 9.59 Å². The number of carbonyl (C=O) groups is 2. The molecule has 1 amide bonds. The summed E-state index contributed by atoms with van der Waals surface area (Å²) >= 11 is 0. The van der Waals surface area contributed by atoms with Gasteiger partial charge in [-0.05, 0) is 13.0 Å². The smallest absolute Gasteiger partial charge is 0.325 e. The summed E-state index contributed by atoms with van der Waals surface area (Å²) in [5, 5.41) is 24.7. The molecule has 0 spiro atoms. The van der Waals surface area contributed by atoms with Gasteiger partial charge in [-0.3, -0.25) is 14.9 Å². The number of benzene rings is 1. The Balaban J connectivity index is 2.83. The molecule has 0 aliphatic heterocycles. The predicted molar refractivity (Wildman–Crippen MR) is 76.3 cm³/mol. The van der Waals surface area contributed by atoms with Gasteiger partial charge in [0.1, 0.15) is 6.04 Å². The lowest BCUT2D eigenvalue weighted by Gasteiger charge is -2.17. The van der Waals surface area contributed by atoms with E-state index in [-0.39, 0.29) is 29.5 Å². The molecule has 0 fully saturated rings. The first-order valence-corrected chi connectivity index (χ1v) is 6.62. The van der Waals surface area contributed by atoms with E-state index in [2.05, 4.69) is 10.6 Å². The minimum Gasteiger partial charge on any atom is -0.504 e. The van der Waals surface area contributed by atoms with E-state index in [9.17, 15) is 19.8 Å². The van der Waals surface area contributed by atoms with E-state index >= 15 is 0 Å². The number of aliphatic carboxylic acids is 1. The van der Waals surface area contributed by atoms with E-state index in [0.29, 0.717) is 13.2 Å². The van der Waals surface area contributed by atoms with Crippen LogP contribution in [0.4, 0.5) is 0 Å². The molecule has 7 nitrogen and oxygen atoms in total. The van der Waals surface area contributed by atoms with Crippen molar-refractivity contribution in [1.82, 2.24) is 10.6 Å². The lowest BCUT2D eigenvalue weighted by atomic mass is 10.1. The fourth-order valence-corrected chi connectivity index (χ4v) is 1.83. The molecule has 0 saturated carbocycles. The molecule has 1 unspecified atom stereocenters. The lowest BCUT2D eigenvalue weighted by Crippen LogP contribution is -2.35. The van der Waals surface area contributed by atoms with E-state index in [1.807, 2.05) is 0 Å². The minimum atomic E-state index is -1.12. The summed E-state index contributed by atoms with van der Waals surface area (Å²) < 4.78 is 5.24. The number of amides is 1. The zero-order chi connectivity index (χ0) is 15.8. The quantitative estimate of drug-likeness (QED) is 0.524. The Bertz CT molecular complexity index is 504. The molecule has 0 aromatic heterocycles. The van der Waals surface area contributed by atoms with Gasteiger partial charge in [-0.2, -0.15) is 0 Å². The second kappa shape index (κ2) is 8.11. The summed E-state index contributed by atoms with van der Waals surface area (Å²) in [7, 11) is 0. The van der Waals surface area contributed by atoms with Crippen LogP contribution >= 0.6 is 0 Å². The Kier molecular flexibility index (Phi) is 6.48. The molecule has 4 N–H and O–H groups in total.